The third-order valence-corrected chi connectivity index (χ3v) is 6.29. The molecule has 4 heteroatoms. The molecule has 151 valence electrons. The smallest absolute Gasteiger partial charge is 0.141 e. The number of hydrogen-bond donors (Lipinski definition) is 0. The van der Waals surface area contributed by atoms with E-state index in [0.717, 1.165) is 18.1 Å². The van der Waals surface area contributed by atoms with Gasteiger partial charge in [0.2, 0.25) is 5.30 Å². The molecule has 1 radical (unpaired) electrons. The monoisotopic (exact) mass is 431 g/mol. The maximum absolute atomic E-state index is 12.4. The van der Waals surface area contributed by atoms with E-state index in [2.05, 4.69) is 32.9 Å². The normalized spacial score (nSPS) is 12.5. The van der Waals surface area contributed by atoms with Crippen molar-refractivity contribution in [2.75, 3.05) is 6.61 Å². The van der Waals surface area contributed by atoms with Crippen molar-refractivity contribution < 1.29 is 26.4 Å². The molecule has 0 aliphatic carbocycles. The molecule has 0 fully saturated rings. The second-order valence-electron chi connectivity index (χ2n) is 7.51. The zero-order valence-corrected chi connectivity index (χ0v) is 19.9. The second-order valence-corrected chi connectivity index (χ2v) is 8.80. The van der Waals surface area contributed by atoms with E-state index in [4.69, 9.17) is 4.52 Å². The van der Waals surface area contributed by atoms with Crippen molar-refractivity contribution in [1.29, 1.82) is 0 Å². The van der Waals surface area contributed by atoms with E-state index in [9.17, 15) is 4.57 Å². The molecule has 1 aromatic rings. The van der Waals surface area contributed by atoms with Gasteiger partial charge in [0.25, 0.3) is 0 Å². The maximum atomic E-state index is 12.4. The molecule has 0 saturated heterocycles. The third kappa shape index (κ3) is 12.8. The molecule has 0 spiro atoms. The molecule has 1 rings (SSSR count). The van der Waals surface area contributed by atoms with E-state index < -0.39 is 8.03 Å². The van der Waals surface area contributed by atoms with Gasteiger partial charge >= 0.3 is 25.4 Å². The van der Waals surface area contributed by atoms with Gasteiger partial charge in [-0.1, -0.05) is 90.7 Å². The van der Waals surface area contributed by atoms with Crippen LogP contribution in [-0.4, -0.2) is 6.61 Å². The molecule has 0 bridgehead atoms. The van der Waals surface area contributed by atoms with Crippen LogP contribution in [0, 0.1) is 5.92 Å². The van der Waals surface area contributed by atoms with Crippen LogP contribution in [0.15, 0.2) is 24.3 Å². The summed E-state index contributed by atoms with van der Waals surface area (Å²) in [4.78, 5) is 0. The molecule has 1 aromatic carbocycles. The number of hydrogen-bond acceptors (Lipinski definition) is 2. The van der Waals surface area contributed by atoms with E-state index in [1.54, 1.807) is 0 Å². The minimum atomic E-state index is -1.72. The van der Waals surface area contributed by atoms with E-state index in [0.29, 0.717) is 12.5 Å². The predicted octanol–water partition coefficient (Wildman–Crippen LogP) is 7.58. The van der Waals surface area contributed by atoms with Crippen LogP contribution < -0.4 is 5.30 Å². The van der Waals surface area contributed by atoms with Gasteiger partial charge in [0.05, 0.1) is 0 Å². The van der Waals surface area contributed by atoms with E-state index in [1.807, 2.05) is 12.1 Å². The average molecular weight is 432 g/mol. The summed E-state index contributed by atoms with van der Waals surface area (Å²) >= 11 is 0. The third-order valence-electron chi connectivity index (χ3n) is 5.19. The van der Waals surface area contributed by atoms with Crippen LogP contribution in [0.1, 0.15) is 97.0 Å². The zero-order valence-electron chi connectivity index (χ0n) is 17.8. The first kappa shape index (κ1) is 26.8. The minimum absolute atomic E-state index is 0. The summed E-state index contributed by atoms with van der Waals surface area (Å²) in [6.45, 7) is 7.28. The number of benzene rings is 1. The average Bonchev–Trinajstić information content (AvgIpc) is 2.67. The summed E-state index contributed by atoms with van der Waals surface area (Å²) < 4.78 is 18.0. The predicted molar refractivity (Wildman–Crippen MR) is 115 cm³/mol. The molecule has 2 nitrogen and oxygen atoms in total. The van der Waals surface area contributed by atoms with Gasteiger partial charge in [0, 0.05) is 0 Å². The molecule has 0 aromatic heterocycles. The molecular formula is C23H40CrO2P+4. The van der Waals surface area contributed by atoms with Crippen LogP contribution in [0.3, 0.4) is 0 Å². The Morgan fingerprint density at radius 3 is 2.04 bits per heavy atom. The molecule has 0 aliphatic heterocycles. The SMILES string of the molecule is CCCCCCCCCc1ccc([P+](=O)OCC(CC)CCCC)cc1.[Cr+3]. The van der Waals surface area contributed by atoms with Gasteiger partial charge in [-0.2, -0.15) is 0 Å². The van der Waals surface area contributed by atoms with Crippen molar-refractivity contribution in [3.8, 4) is 0 Å². The standard InChI is InChI=1S/C23H40O2P.Cr/c1-4-7-9-10-11-12-13-15-22-16-18-23(19-17-22)26(24)25-20-21(6-3)14-8-5-2;/h16-19,21H,4-15,20H2,1-3H3;/q+1;+3. The quantitative estimate of drug-likeness (QED) is 0.199. The van der Waals surface area contributed by atoms with Gasteiger partial charge in [-0.15, -0.1) is 4.52 Å². The number of aryl methyl sites for hydroxylation is 1. The Labute approximate surface area is 179 Å². The molecule has 0 N–H and O–H groups in total. The van der Waals surface area contributed by atoms with Crippen molar-refractivity contribution >= 4 is 13.3 Å². The molecule has 2 unspecified atom stereocenters. The fourth-order valence-electron chi connectivity index (χ4n) is 3.22. The van der Waals surface area contributed by atoms with Crippen molar-refractivity contribution in [2.24, 2.45) is 5.92 Å². The van der Waals surface area contributed by atoms with Crippen LogP contribution in [0.5, 0.6) is 0 Å². The molecular weight excluding hydrogens is 391 g/mol. The van der Waals surface area contributed by atoms with Gasteiger partial charge in [0.15, 0.2) is 0 Å². The second kappa shape index (κ2) is 17.9. The maximum Gasteiger partial charge on any atom is 3.00 e. The molecule has 0 saturated carbocycles. The van der Waals surface area contributed by atoms with E-state index in [-0.39, 0.29) is 17.4 Å². The van der Waals surface area contributed by atoms with Gasteiger partial charge in [-0.05, 0) is 47.4 Å². The Kier molecular flexibility index (Phi) is 17.8. The van der Waals surface area contributed by atoms with Crippen molar-refractivity contribution in [3.05, 3.63) is 29.8 Å². The first-order valence-electron chi connectivity index (χ1n) is 10.9. The van der Waals surface area contributed by atoms with Crippen LogP contribution in [-0.2, 0) is 32.9 Å². The van der Waals surface area contributed by atoms with E-state index >= 15 is 0 Å². The summed E-state index contributed by atoms with van der Waals surface area (Å²) in [5, 5.41) is 0.827. The van der Waals surface area contributed by atoms with Crippen molar-refractivity contribution in [3.63, 3.8) is 0 Å². The largest absolute Gasteiger partial charge is 3.00 e. The van der Waals surface area contributed by atoms with Crippen LogP contribution in [0.4, 0.5) is 0 Å². The van der Waals surface area contributed by atoms with Crippen LogP contribution >= 0.6 is 8.03 Å². The Bertz CT molecular complexity index is 476. The van der Waals surface area contributed by atoms with Gasteiger partial charge in [-0.25, -0.2) is 0 Å². The number of unbranched alkanes of at least 4 members (excludes halogenated alkanes) is 7. The molecule has 27 heavy (non-hydrogen) atoms. The van der Waals surface area contributed by atoms with Gasteiger partial charge in [0.1, 0.15) is 6.61 Å². The molecule has 0 heterocycles. The molecule has 0 aliphatic rings. The van der Waals surface area contributed by atoms with E-state index in [1.165, 1.54) is 69.8 Å². The molecule has 2 atom stereocenters. The minimum Gasteiger partial charge on any atom is -0.141 e. The van der Waals surface area contributed by atoms with Gasteiger partial charge in [-0.3, -0.25) is 0 Å². The zero-order chi connectivity index (χ0) is 19.0. The summed E-state index contributed by atoms with van der Waals surface area (Å²) in [5.74, 6) is 0.533. The Balaban J connectivity index is 0.00000676. The topological polar surface area (TPSA) is 26.3 Å². The van der Waals surface area contributed by atoms with Gasteiger partial charge < -0.3 is 0 Å². The first-order chi connectivity index (χ1) is 12.7. The molecule has 0 amide bonds. The number of rotatable bonds is 16. The Hall–Kier alpha value is -0.188. The van der Waals surface area contributed by atoms with Crippen LogP contribution in [0.2, 0.25) is 0 Å². The fourth-order valence-corrected chi connectivity index (χ4v) is 4.10. The summed E-state index contributed by atoms with van der Waals surface area (Å²) in [6.07, 6.45) is 15.2. The Morgan fingerprint density at radius 1 is 0.852 bits per heavy atom. The summed E-state index contributed by atoms with van der Waals surface area (Å²) in [7, 11) is -1.72. The first-order valence-corrected chi connectivity index (χ1v) is 12.1. The Morgan fingerprint density at radius 2 is 1.44 bits per heavy atom. The van der Waals surface area contributed by atoms with Crippen molar-refractivity contribution in [2.45, 2.75) is 97.8 Å². The fraction of sp³-hybridized carbons (Fsp3) is 0.739. The van der Waals surface area contributed by atoms with Crippen LogP contribution in [0.25, 0.3) is 0 Å². The summed E-state index contributed by atoms with van der Waals surface area (Å²) in [5.41, 5.74) is 1.35. The summed E-state index contributed by atoms with van der Waals surface area (Å²) in [6, 6.07) is 8.22. The van der Waals surface area contributed by atoms with Crippen molar-refractivity contribution in [1.82, 2.24) is 0 Å².